The largest absolute Gasteiger partial charge is 0.482 e. The number of esters is 1. The number of hydrogen-bond acceptors (Lipinski definition) is 5. The van der Waals surface area contributed by atoms with Crippen LogP contribution in [-0.2, 0) is 14.3 Å². The number of carbonyl (C=O) groups excluding carboxylic acids is 3. The Morgan fingerprint density at radius 1 is 1.00 bits per heavy atom. The topological polar surface area (TPSA) is 81.7 Å². The molecule has 0 spiro atoms. The van der Waals surface area contributed by atoms with Crippen molar-refractivity contribution in [3.8, 4) is 5.75 Å². The standard InChI is InChI=1S/C19H18BrNO5/c1-2-17(22)13-7-9-14(10-8-13)25-12-19(24)26-11-18(23)21-16-6-4-3-5-15(16)20/h3-10H,2,11-12H2,1H3,(H,21,23). The molecule has 26 heavy (non-hydrogen) atoms. The minimum absolute atomic E-state index is 0.0343. The van der Waals surface area contributed by atoms with E-state index in [1.807, 2.05) is 6.07 Å². The third-order valence-corrected chi connectivity index (χ3v) is 4.06. The minimum atomic E-state index is -0.666. The van der Waals surface area contributed by atoms with Crippen LogP contribution < -0.4 is 10.1 Å². The van der Waals surface area contributed by atoms with Crippen molar-refractivity contribution in [1.29, 1.82) is 0 Å². The quantitative estimate of drug-likeness (QED) is 0.521. The van der Waals surface area contributed by atoms with E-state index in [9.17, 15) is 14.4 Å². The molecule has 0 bridgehead atoms. The molecule has 0 atom stereocenters. The number of ketones is 1. The van der Waals surface area contributed by atoms with Crippen molar-refractivity contribution in [2.24, 2.45) is 0 Å². The van der Waals surface area contributed by atoms with Crippen molar-refractivity contribution in [2.75, 3.05) is 18.5 Å². The average molecular weight is 420 g/mol. The monoisotopic (exact) mass is 419 g/mol. The van der Waals surface area contributed by atoms with E-state index in [0.29, 0.717) is 23.4 Å². The number of halogens is 1. The van der Waals surface area contributed by atoms with Crippen LogP contribution in [0.4, 0.5) is 5.69 Å². The van der Waals surface area contributed by atoms with Crippen LogP contribution in [0.3, 0.4) is 0 Å². The second kappa shape index (κ2) is 9.72. The number of ether oxygens (including phenoxy) is 2. The van der Waals surface area contributed by atoms with E-state index >= 15 is 0 Å². The van der Waals surface area contributed by atoms with Crippen LogP contribution in [0.25, 0.3) is 0 Å². The van der Waals surface area contributed by atoms with Gasteiger partial charge in [-0.1, -0.05) is 19.1 Å². The summed E-state index contributed by atoms with van der Waals surface area (Å²) in [6.07, 6.45) is 0.425. The van der Waals surface area contributed by atoms with E-state index in [4.69, 9.17) is 9.47 Å². The lowest BCUT2D eigenvalue weighted by molar-refractivity contribution is -0.149. The molecule has 0 saturated heterocycles. The zero-order chi connectivity index (χ0) is 18.9. The SMILES string of the molecule is CCC(=O)c1ccc(OCC(=O)OCC(=O)Nc2ccccc2Br)cc1. The number of amides is 1. The second-order valence-electron chi connectivity index (χ2n) is 5.28. The third-order valence-electron chi connectivity index (χ3n) is 3.37. The summed E-state index contributed by atoms with van der Waals surface area (Å²) in [5.74, 6) is -0.645. The van der Waals surface area contributed by atoms with Gasteiger partial charge in [-0.15, -0.1) is 0 Å². The summed E-state index contributed by atoms with van der Waals surface area (Å²) in [6, 6.07) is 13.6. The van der Waals surface area contributed by atoms with Gasteiger partial charge in [0.05, 0.1) is 5.69 Å². The number of benzene rings is 2. The highest BCUT2D eigenvalue weighted by Crippen LogP contribution is 2.20. The first-order chi connectivity index (χ1) is 12.5. The van der Waals surface area contributed by atoms with Crippen LogP contribution in [0.5, 0.6) is 5.75 Å². The van der Waals surface area contributed by atoms with E-state index in [-0.39, 0.29) is 12.4 Å². The van der Waals surface area contributed by atoms with Gasteiger partial charge in [0.1, 0.15) is 5.75 Å². The molecule has 0 radical (unpaired) electrons. The van der Waals surface area contributed by atoms with Gasteiger partial charge in [-0.2, -0.15) is 0 Å². The normalized spacial score (nSPS) is 10.1. The van der Waals surface area contributed by atoms with Crippen molar-refractivity contribution < 1.29 is 23.9 Å². The summed E-state index contributed by atoms with van der Waals surface area (Å²) in [6.45, 7) is 1.05. The highest BCUT2D eigenvalue weighted by molar-refractivity contribution is 9.10. The fraction of sp³-hybridized carbons (Fsp3) is 0.211. The van der Waals surface area contributed by atoms with Crippen molar-refractivity contribution in [3.05, 3.63) is 58.6 Å². The first-order valence-corrected chi connectivity index (χ1v) is 8.75. The van der Waals surface area contributed by atoms with E-state index in [0.717, 1.165) is 4.47 Å². The van der Waals surface area contributed by atoms with Crippen molar-refractivity contribution >= 4 is 39.3 Å². The van der Waals surface area contributed by atoms with E-state index in [1.165, 1.54) is 0 Å². The highest BCUT2D eigenvalue weighted by Gasteiger charge is 2.10. The molecular weight excluding hydrogens is 402 g/mol. The molecule has 0 aliphatic carbocycles. The molecule has 0 aliphatic heterocycles. The minimum Gasteiger partial charge on any atom is -0.482 e. The fourth-order valence-electron chi connectivity index (χ4n) is 2.02. The van der Waals surface area contributed by atoms with Gasteiger partial charge in [0.15, 0.2) is 19.0 Å². The van der Waals surface area contributed by atoms with Crippen LogP contribution in [0, 0.1) is 0 Å². The number of hydrogen-bond donors (Lipinski definition) is 1. The van der Waals surface area contributed by atoms with Gasteiger partial charge in [0, 0.05) is 16.5 Å². The lowest BCUT2D eigenvalue weighted by Gasteiger charge is -2.09. The molecule has 1 amide bonds. The number of anilines is 1. The number of Topliss-reactive ketones (excluding diaryl/α,β-unsaturated/α-hetero) is 1. The molecule has 2 aromatic rings. The van der Waals surface area contributed by atoms with Gasteiger partial charge >= 0.3 is 5.97 Å². The molecule has 0 aromatic heterocycles. The molecule has 2 aromatic carbocycles. The highest BCUT2D eigenvalue weighted by atomic mass is 79.9. The summed E-state index contributed by atoms with van der Waals surface area (Å²) in [4.78, 5) is 35.0. The van der Waals surface area contributed by atoms with Gasteiger partial charge in [0.2, 0.25) is 0 Å². The lowest BCUT2D eigenvalue weighted by Crippen LogP contribution is -2.23. The number of carbonyl (C=O) groups is 3. The molecule has 2 rings (SSSR count). The van der Waals surface area contributed by atoms with Crippen molar-refractivity contribution in [3.63, 3.8) is 0 Å². The Bertz CT molecular complexity index is 789. The molecule has 0 aliphatic rings. The zero-order valence-corrected chi connectivity index (χ0v) is 15.7. The van der Waals surface area contributed by atoms with Gasteiger partial charge in [0.25, 0.3) is 5.91 Å². The number of rotatable bonds is 8. The zero-order valence-electron chi connectivity index (χ0n) is 14.2. The van der Waals surface area contributed by atoms with Gasteiger partial charge < -0.3 is 14.8 Å². The Kier molecular flexibility index (Phi) is 7.35. The maximum Gasteiger partial charge on any atom is 0.344 e. The van der Waals surface area contributed by atoms with Crippen LogP contribution in [0.15, 0.2) is 53.0 Å². The average Bonchev–Trinajstić information content (AvgIpc) is 2.66. The number of para-hydroxylation sites is 1. The molecule has 7 heteroatoms. The molecule has 0 unspecified atom stereocenters. The molecule has 6 nitrogen and oxygen atoms in total. The fourth-order valence-corrected chi connectivity index (χ4v) is 2.40. The second-order valence-corrected chi connectivity index (χ2v) is 6.13. The third kappa shape index (κ3) is 6.00. The molecule has 0 saturated carbocycles. The van der Waals surface area contributed by atoms with E-state index < -0.39 is 18.5 Å². The van der Waals surface area contributed by atoms with Gasteiger partial charge in [-0.05, 0) is 52.3 Å². The maximum absolute atomic E-state index is 11.8. The van der Waals surface area contributed by atoms with E-state index in [1.54, 1.807) is 49.4 Å². The summed E-state index contributed by atoms with van der Waals surface area (Å²) in [5.41, 5.74) is 1.18. The predicted octanol–water partition coefficient (Wildman–Crippen LogP) is 3.60. The summed E-state index contributed by atoms with van der Waals surface area (Å²) >= 11 is 3.31. The summed E-state index contributed by atoms with van der Waals surface area (Å²) in [7, 11) is 0. The Hall–Kier alpha value is -2.67. The Labute approximate surface area is 159 Å². The van der Waals surface area contributed by atoms with Crippen LogP contribution in [0.1, 0.15) is 23.7 Å². The molecule has 0 fully saturated rings. The molecule has 0 heterocycles. The first-order valence-electron chi connectivity index (χ1n) is 7.95. The maximum atomic E-state index is 11.8. The Morgan fingerprint density at radius 3 is 2.35 bits per heavy atom. The van der Waals surface area contributed by atoms with E-state index in [2.05, 4.69) is 21.2 Å². The van der Waals surface area contributed by atoms with Gasteiger partial charge in [-0.3, -0.25) is 9.59 Å². The van der Waals surface area contributed by atoms with Gasteiger partial charge in [-0.25, -0.2) is 4.79 Å². The van der Waals surface area contributed by atoms with Crippen molar-refractivity contribution in [1.82, 2.24) is 0 Å². The summed E-state index contributed by atoms with van der Waals surface area (Å²) in [5, 5.41) is 2.63. The van der Waals surface area contributed by atoms with Crippen LogP contribution in [-0.4, -0.2) is 30.9 Å². The number of nitrogens with one attached hydrogen (secondary N) is 1. The summed E-state index contributed by atoms with van der Waals surface area (Å²) < 4.78 is 10.9. The predicted molar refractivity (Wildman–Crippen MR) is 100 cm³/mol. The smallest absolute Gasteiger partial charge is 0.344 e. The van der Waals surface area contributed by atoms with Crippen LogP contribution >= 0.6 is 15.9 Å². The Morgan fingerprint density at radius 2 is 1.69 bits per heavy atom. The first kappa shape index (κ1) is 19.7. The Balaban J connectivity index is 1.74. The van der Waals surface area contributed by atoms with Crippen LogP contribution in [0.2, 0.25) is 0 Å². The molecule has 1 N–H and O–H groups in total. The van der Waals surface area contributed by atoms with Crippen molar-refractivity contribution in [2.45, 2.75) is 13.3 Å². The lowest BCUT2D eigenvalue weighted by atomic mass is 10.1. The molecular formula is C19H18BrNO5. The molecule has 136 valence electrons.